The SMILES string of the molecule is CCN(C)C(=O)COc1ccccc1CO. The minimum atomic E-state index is -0.0893. The van der Waals surface area contributed by atoms with Crippen molar-refractivity contribution in [3.63, 3.8) is 0 Å². The van der Waals surface area contributed by atoms with Crippen LogP contribution in [0.15, 0.2) is 24.3 Å². The largest absolute Gasteiger partial charge is 0.483 e. The number of likely N-dealkylation sites (N-methyl/N-ethyl adjacent to an activating group) is 1. The molecule has 0 bridgehead atoms. The number of hydrogen-bond acceptors (Lipinski definition) is 3. The Hall–Kier alpha value is -1.55. The Labute approximate surface area is 95.5 Å². The summed E-state index contributed by atoms with van der Waals surface area (Å²) >= 11 is 0. The van der Waals surface area contributed by atoms with Crippen LogP contribution in [0.4, 0.5) is 0 Å². The third kappa shape index (κ3) is 3.24. The molecular weight excluding hydrogens is 206 g/mol. The lowest BCUT2D eigenvalue weighted by molar-refractivity contribution is -0.131. The Morgan fingerprint density at radius 2 is 2.12 bits per heavy atom. The highest BCUT2D eigenvalue weighted by molar-refractivity contribution is 5.77. The summed E-state index contributed by atoms with van der Waals surface area (Å²) in [7, 11) is 1.73. The summed E-state index contributed by atoms with van der Waals surface area (Å²) in [4.78, 5) is 13.1. The average Bonchev–Trinajstić information content (AvgIpc) is 2.35. The first-order chi connectivity index (χ1) is 7.69. The zero-order valence-electron chi connectivity index (χ0n) is 9.64. The predicted molar refractivity (Wildman–Crippen MR) is 61.2 cm³/mol. The van der Waals surface area contributed by atoms with Crippen molar-refractivity contribution in [2.24, 2.45) is 0 Å². The van der Waals surface area contributed by atoms with Crippen molar-refractivity contribution in [1.82, 2.24) is 4.90 Å². The van der Waals surface area contributed by atoms with Crippen LogP contribution in [-0.4, -0.2) is 36.1 Å². The van der Waals surface area contributed by atoms with E-state index in [-0.39, 0.29) is 19.1 Å². The molecule has 1 aromatic carbocycles. The van der Waals surface area contributed by atoms with E-state index in [1.807, 2.05) is 19.1 Å². The van der Waals surface area contributed by atoms with E-state index >= 15 is 0 Å². The molecule has 4 heteroatoms. The fourth-order valence-electron chi connectivity index (χ4n) is 1.20. The minimum Gasteiger partial charge on any atom is -0.483 e. The number of aliphatic hydroxyl groups is 1. The second kappa shape index (κ2) is 6.12. The predicted octanol–water partition coefficient (Wildman–Crippen LogP) is 1.04. The number of carbonyl (C=O) groups excluding carboxylic acids is 1. The molecule has 1 N–H and O–H groups in total. The Kier molecular flexibility index (Phi) is 4.79. The first kappa shape index (κ1) is 12.5. The monoisotopic (exact) mass is 223 g/mol. The van der Waals surface area contributed by atoms with Crippen molar-refractivity contribution in [3.05, 3.63) is 29.8 Å². The van der Waals surface area contributed by atoms with E-state index in [0.29, 0.717) is 17.9 Å². The van der Waals surface area contributed by atoms with Gasteiger partial charge in [-0.3, -0.25) is 4.79 Å². The van der Waals surface area contributed by atoms with Crippen LogP contribution in [0.2, 0.25) is 0 Å². The molecule has 0 aromatic heterocycles. The minimum absolute atomic E-state index is 0.00134. The van der Waals surface area contributed by atoms with E-state index in [4.69, 9.17) is 9.84 Å². The van der Waals surface area contributed by atoms with Gasteiger partial charge in [0, 0.05) is 19.2 Å². The van der Waals surface area contributed by atoms with E-state index < -0.39 is 0 Å². The number of aliphatic hydroxyl groups excluding tert-OH is 1. The molecule has 0 aliphatic heterocycles. The highest BCUT2D eigenvalue weighted by atomic mass is 16.5. The molecule has 0 unspecified atom stereocenters. The maximum absolute atomic E-state index is 11.5. The number of nitrogens with zero attached hydrogens (tertiary/aromatic N) is 1. The standard InChI is InChI=1S/C12H17NO3/c1-3-13(2)12(15)9-16-11-7-5-4-6-10(11)8-14/h4-7,14H,3,8-9H2,1-2H3. The van der Waals surface area contributed by atoms with Gasteiger partial charge in [0.05, 0.1) is 6.61 Å². The maximum Gasteiger partial charge on any atom is 0.260 e. The van der Waals surface area contributed by atoms with Crippen LogP contribution in [0.25, 0.3) is 0 Å². The van der Waals surface area contributed by atoms with Gasteiger partial charge in [0.15, 0.2) is 6.61 Å². The Morgan fingerprint density at radius 1 is 1.44 bits per heavy atom. The number of rotatable bonds is 5. The Morgan fingerprint density at radius 3 is 2.75 bits per heavy atom. The molecule has 1 rings (SSSR count). The molecule has 0 saturated carbocycles. The van der Waals surface area contributed by atoms with Crippen molar-refractivity contribution in [2.45, 2.75) is 13.5 Å². The van der Waals surface area contributed by atoms with E-state index in [1.165, 1.54) is 0 Å². The highest BCUT2D eigenvalue weighted by Crippen LogP contribution is 2.17. The summed E-state index contributed by atoms with van der Waals surface area (Å²) in [5.41, 5.74) is 0.689. The lowest BCUT2D eigenvalue weighted by Crippen LogP contribution is -2.31. The first-order valence-corrected chi connectivity index (χ1v) is 5.24. The second-order valence-corrected chi connectivity index (χ2v) is 3.46. The number of carbonyl (C=O) groups is 1. The van der Waals surface area contributed by atoms with Gasteiger partial charge in [-0.1, -0.05) is 18.2 Å². The molecular formula is C12H17NO3. The Bertz CT molecular complexity index is 352. The van der Waals surface area contributed by atoms with Gasteiger partial charge in [0.2, 0.25) is 0 Å². The van der Waals surface area contributed by atoms with Crippen LogP contribution in [-0.2, 0) is 11.4 Å². The molecule has 0 atom stereocenters. The van der Waals surface area contributed by atoms with Gasteiger partial charge in [-0.25, -0.2) is 0 Å². The van der Waals surface area contributed by atoms with Crippen molar-refractivity contribution in [1.29, 1.82) is 0 Å². The van der Waals surface area contributed by atoms with Crippen LogP contribution in [0.5, 0.6) is 5.75 Å². The molecule has 0 aliphatic rings. The summed E-state index contributed by atoms with van der Waals surface area (Å²) in [5, 5.41) is 9.06. The molecule has 0 aliphatic carbocycles. The number of benzene rings is 1. The van der Waals surface area contributed by atoms with E-state index in [2.05, 4.69) is 0 Å². The van der Waals surface area contributed by atoms with Crippen LogP contribution >= 0.6 is 0 Å². The van der Waals surface area contributed by atoms with Crippen LogP contribution < -0.4 is 4.74 Å². The molecule has 88 valence electrons. The molecule has 0 spiro atoms. The van der Waals surface area contributed by atoms with Gasteiger partial charge < -0.3 is 14.7 Å². The van der Waals surface area contributed by atoms with Crippen molar-refractivity contribution < 1.29 is 14.6 Å². The lowest BCUT2D eigenvalue weighted by atomic mass is 10.2. The van der Waals surface area contributed by atoms with Crippen molar-refractivity contribution >= 4 is 5.91 Å². The zero-order valence-corrected chi connectivity index (χ0v) is 9.64. The van der Waals surface area contributed by atoms with Gasteiger partial charge in [0.1, 0.15) is 5.75 Å². The molecule has 0 fully saturated rings. The number of hydrogen-bond donors (Lipinski definition) is 1. The maximum atomic E-state index is 11.5. The zero-order chi connectivity index (χ0) is 12.0. The van der Waals surface area contributed by atoms with Crippen molar-refractivity contribution in [3.8, 4) is 5.75 Å². The second-order valence-electron chi connectivity index (χ2n) is 3.46. The molecule has 0 heterocycles. The van der Waals surface area contributed by atoms with E-state index in [9.17, 15) is 4.79 Å². The van der Waals surface area contributed by atoms with Gasteiger partial charge in [0.25, 0.3) is 5.91 Å². The molecule has 4 nitrogen and oxygen atoms in total. The first-order valence-electron chi connectivity index (χ1n) is 5.24. The number of amides is 1. The van der Waals surface area contributed by atoms with Crippen LogP contribution in [0.3, 0.4) is 0 Å². The fourth-order valence-corrected chi connectivity index (χ4v) is 1.20. The third-order valence-electron chi connectivity index (χ3n) is 2.39. The summed E-state index contributed by atoms with van der Waals surface area (Å²) in [6, 6.07) is 7.13. The highest BCUT2D eigenvalue weighted by Gasteiger charge is 2.08. The molecule has 0 saturated heterocycles. The molecule has 0 radical (unpaired) electrons. The molecule has 1 amide bonds. The van der Waals surface area contributed by atoms with Crippen LogP contribution in [0, 0.1) is 0 Å². The molecule has 1 aromatic rings. The van der Waals surface area contributed by atoms with Crippen LogP contribution in [0.1, 0.15) is 12.5 Å². The summed E-state index contributed by atoms with van der Waals surface area (Å²) < 4.78 is 5.36. The summed E-state index contributed by atoms with van der Waals surface area (Å²) in [6.07, 6.45) is 0. The van der Waals surface area contributed by atoms with Gasteiger partial charge in [-0.05, 0) is 13.0 Å². The smallest absolute Gasteiger partial charge is 0.260 e. The lowest BCUT2D eigenvalue weighted by Gasteiger charge is -2.15. The fraction of sp³-hybridized carbons (Fsp3) is 0.417. The van der Waals surface area contributed by atoms with E-state index in [1.54, 1.807) is 24.1 Å². The topological polar surface area (TPSA) is 49.8 Å². The van der Waals surface area contributed by atoms with Gasteiger partial charge in [-0.2, -0.15) is 0 Å². The Balaban J connectivity index is 2.57. The number of ether oxygens (including phenoxy) is 1. The summed E-state index contributed by atoms with van der Waals surface area (Å²) in [5.74, 6) is 0.484. The average molecular weight is 223 g/mol. The summed E-state index contributed by atoms with van der Waals surface area (Å²) in [6.45, 7) is 2.47. The molecule has 16 heavy (non-hydrogen) atoms. The quantitative estimate of drug-likeness (QED) is 0.811. The van der Waals surface area contributed by atoms with Crippen molar-refractivity contribution in [2.75, 3.05) is 20.2 Å². The van der Waals surface area contributed by atoms with Gasteiger partial charge in [-0.15, -0.1) is 0 Å². The third-order valence-corrected chi connectivity index (χ3v) is 2.39. The normalized spacial score (nSPS) is 9.94. The van der Waals surface area contributed by atoms with E-state index in [0.717, 1.165) is 0 Å². The number of para-hydroxylation sites is 1. The van der Waals surface area contributed by atoms with Gasteiger partial charge >= 0.3 is 0 Å².